The van der Waals surface area contributed by atoms with Crippen molar-refractivity contribution in [1.29, 1.82) is 0 Å². The molecule has 0 aromatic heterocycles. The number of piperidine rings is 1. The maximum absolute atomic E-state index is 12.5. The fourth-order valence-electron chi connectivity index (χ4n) is 2.44. The van der Waals surface area contributed by atoms with Gasteiger partial charge in [-0.1, -0.05) is 6.07 Å². The molecule has 1 aliphatic rings. The summed E-state index contributed by atoms with van der Waals surface area (Å²) in [5.41, 5.74) is -0.0552. The molecular formula is C14H18N2O5. The topological polar surface area (TPSA) is 92.9 Å². The Hall–Kier alpha value is -2.15. The van der Waals surface area contributed by atoms with Crippen molar-refractivity contribution in [2.45, 2.75) is 25.9 Å². The van der Waals surface area contributed by atoms with Gasteiger partial charge in [-0.15, -0.1) is 0 Å². The monoisotopic (exact) mass is 294 g/mol. The van der Waals surface area contributed by atoms with E-state index >= 15 is 0 Å². The van der Waals surface area contributed by atoms with Crippen LogP contribution in [0.3, 0.4) is 0 Å². The van der Waals surface area contributed by atoms with E-state index in [9.17, 15) is 20.0 Å². The second-order valence-electron chi connectivity index (χ2n) is 4.89. The van der Waals surface area contributed by atoms with Gasteiger partial charge < -0.3 is 14.7 Å². The van der Waals surface area contributed by atoms with Crippen LogP contribution in [-0.2, 0) is 0 Å². The molecule has 1 aliphatic heterocycles. The summed E-state index contributed by atoms with van der Waals surface area (Å²) in [6.45, 7) is 2.71. The van der Waals surface area contributed by atoms with E-state index in [0.29, 0.717) is 19.4 Å². The van der Waals surface area contributed by atoms with Crippen molar-refractivity contribution in [3.05, 3.63) is 33.9 Å². The quantitative estimate of drug-likeness (QED) is 0.672. The van der Waals surface area contributed by atoms with Gasteiger partial charge in [-0.25, -0.2) is 0 Å². The highest BCUT2D eigenvalue weighted by Gasteiger charge is 2.28. The SMILES string of the molecule is CCOc1c(C(=O)N2CCCC(O)C2)cccc1[N+](=O)[O-]. The van der Waals surface area contributed by atoms with Crippen molar-refractivity contribution in [3.63, 3.8) is 0 Å². The van der Waals surface area contributed by atoms with Crippen LogP contribution < -0.4 is 4.74 Å². The molecule has 1 saturated heterocycles. The van der Waals surface area contributed by atoms with E-state index in [-0.39, 0.29) is 36.1 Å². The van der Waals surface area contributed by atoms with E-state index < -0.39 is 11.0 Å². The number of likely N-dealkylation sites (tertiary alicyclic amines) is 1. The van der Waals surface area contributed by atoms with Crippen molar-refractivity contribution >= 4 is 11.6 Å². The molecule has 1 aromatic rings. The molecule has 2 rings (SSSR count). The first kappa shape index (κ1) is 15.2. The molecule has 0 spiro atoms. The Morgan fingerprint density at radius 1 is 1.57 bits per heavy atom. The lowest BCUT2D eigenvalue weighted by Gasteiger charge is -2.30. The molecule has 7 nitrogen and oxygen atoms in total. The van der Waals surface area contributed by atoms with Crippen LogP contribution in [0.15, 0.2) is 18.2 Å². The Morgan fingerprint density at radius 2 is 2.33 bits per heavy atom. The molecule has 1 atom stereocenters. The lowest BCUT2D eigenvalue weighted by molar-refractivity contribution is -0.385. The number of carbonyl (C=O) groups is 1. The summed E-state index contributed by atoms with van der Waals surface area (Å²) in [6, 6.07) is 4.29. The molecule has 0 radical (unpaired) electrons. The molecule has 0 saturated carbocycles. The number of aliphatic hydroxyl groups excluding tert-OH is 1. The number of β-amino-alcohol motifs (C(OH)–C–C–N with tert-alkyl or cyclic N) is 1. The van der Waals surface area contributed by atoms with Crippen LogP contribution in [0.4, 0.5) is 5.69 Å². The molecular weight excluding hydrogens is 276 g/mol. The Bertz CT molecular complexity index is 546. The molecule has 0 aliphatic carbocycles. The van der Waals surface area contributed by atoms with Crippen LogP contribution in [0.1, 0.15) is 30.1 Å². The summed E-state index contributed by atoms with van der Waals surface area (Å²) in [4.78, 5) is 24.5. The van der Waals surface area contributed by atoms with E-state index in [1.165, 1.54) is 23.1 Å². The minimum absolute atomic E-state index is 0.00457. The highest BCUT2D eigenvalue weighted by molar-refractivity contribution is 5.98. The fraction of sp³-hybridized carbons (Fsp3) is 0.500. The van der Waals surface area contributed by atoms with E-state index in [0.717, 1.165) is 0 Å². The average molecular weight is 294 g/mol. The highest BCUT2D eigenvalue weighted by Crippen LogP contribution is 2.32. The summed E-state index contributed by atoms with van der Waals surface area (Å²) in [5, 5.41) is 20.7. The van der Waals surface area contributed by atoms with Crippen molar-refractivity contribution in [2.75, 3.05) is 19.7 Å². The molecule has 7 heteroatoms. The predicted molar refractivity (Wildman–Crippen MR) is 75.4 cm³/mol. The van der Waals surface area contributed by atoms with Crippen LogP contribution >= 0.6 is 0 Å². The number of ether oxygens (including phenoxy) is 1. The second kappa shape index (κ2) is 6.53. The number of aliphatic hydroxyl groups is 1. The summed E-state index contributed by atoms with van der Waals surface area (Å²) in [5.74, 6) is -0.351. The van der Waals surface area contributed by atoms with Crippen LogP contribution in [0.5, 0.6) is 5.75 Å². The van der Waals surface area contributed by atoms with Gasteiger partial charge in [0, 0.05) is 19.2 Å². The molecule has 1 amide bonds. The largest absolute Gasteiger partial charge is 0.487 e. The predicted octanol–water partition coefficient (Wildman–Crippen LogP) is 1.59. The van der Waals surface area contributed by atoms with E-state index in [2.05, 4.69) is 0 Å². The van der Waals surface area contributed by atoms with Gasteiger partial charge in [-0.05, 0) is 25.8 Å². The number of amides is 1. The maximum Gasteiger partial charge on any atom is 0.311 e. The smallest absolute Gasteiger partial charge is 0.311 e. The number of hydrogen-bond acceptors (Lipinski definition) is 5. The number of benzene rings is 1. The number of carbonyl (C=O) groups excluding carboxylic acids is 1. The summed E-state index contributed by atoms with van der Waals surface area (Å²) < 4.78 is 5.32. The zero-order valence-corrected chi connectivity index (χ0v) is 11.8. The van der Waals surface area contributed by atoms with Gasteiger partial charge in [0.15, 0.2) is 0 Å². The Balaban J connectivity index is 2.35. The maximum atomic E-state index is 12.5. The van der Waals surface area contributed by atoms with Gasteiger partial charge in [0.1, 0.15) is 0 Å². The van der Waals surface area contributed by atoms with Crippen LogP contribution in [-0.4, -0.2) is 46.6 Å². The summed E-state index contributed by atoms with van der Waals surface area (Å²) in [6.07, 6.45) is 0.833. The van der Waals surface area contributed by atoms with Gasteiger partial charge in [0.2, 0.25) is 5.75 Å². The first-order valence-corrected chi connectivity index (χ1v) is 6.92. The molecule has 0 bridgehead atoms. The molecule has 1 fully saturated rings. The van der Waals surface area contributed by atoms with Gasteiger partial charge in [-0.3, -0.25) is 14.9 Å². The third kappa shape index (κ3) is 3.30. The molecule has 21 heavy (non-hydrogen) atoms. The molecule has 1 unspecified atom stereocenters. The number of nitro benzene ring substituents is 1. The minimum Gasteiger partial charge on any atom is -0.487 e. The fourth-order valence-corrected chi connectivity index (χ4v) is 2.44. The number of para-hydroxylation sites is 1. The molecule has 1 aromatic carbocycles. The summed E-state index contributed by atoms with van der Waals surface area (Å²) >= 11 is 0. The molecule has 1 heterocycles. The van der Waals surface area contributed by atoms with Gasteiger partial charge in [0.05, 0.1) is 23.2 Å². The average Bonchev–Trinajstić information content (AvgIpc) is 2.47. The first-order chi connectivity index (χ1) is 10.0. The standard InChI is InChI=1S/C14H18N2O5/c1-2-21-13-11(6-3-7-12(13)16(19)20)14(18)15-8-4-5-10(17)9-15/h3,6-7,10,17H,2,4-5,8-9H2,1H3. The third-order valence-electron chi connectivity index (χ3n) is 3.39. The van der Waals surface area contributed by atoms with Crippen molar-refractivity contribution in [1.82, 2.24) is 4.90 Å². The first-order valence-electron chi connectivity index (χ1n) is 6.92. The zero-order chi connectivity index (χ0) is 15.4. The second-order valence-corrected chi connectivity index (χ2v) is 4.89. The molecule has 1 N–H and O–H groups in total. The Kier molecular flexibility index (Phi) is 4.74. The number of rotatable bonds is 4. The Labute approximate surface area is 122 Å². The number of hydrogen-bond donors (Lipinski definition) is 1. The third-order valence-corrected chi connectivity index (χ3v) is 3.39. The Morgan fingerprint density at radius 3 is 2.95 bits per heavy atom. The van der Waals surface area contributed by atoms with E-state index in [1.54, 1.807) is 6.92 Å². The number of nitrogens with zero attached hydrogens (tertiary/aromatic N) is 2. The van der Waals surface area contributed by atoms with Crippen molar-refractivity contribution in [2.24, 2.45) is 0 Å². The van der Waals surface area contributed by atoms with Crippen molar-refractivity contribution < 1.29 is 19.6 Å². The van der Waals surface area contributed by atoms with E-state index in [1.807, 2.05) is 0 Å². The van der Waals surface area contributed by atoms with Gasteiger partial charge >= 0.3 is 5.69 Å². The lowest BCUT2D eigenvalue weighted by Crippen LogP contribution is -2.42. The zero-order valence-electron chi connectivity index (χ0n) is 11.8. The summed E-state index contributed by atoms with van der Waals surface area (Å²) in [7, 11) is 0. The lowest BCUT2D eigenvalue weighted by atomic mass is 10.1. The number of nitro groups is 1. The van der Waals surface area contributed by atoms with Crippen molar-refractivity contribution in [3.8, 4) is 5.75 Å². The minimum atomic E-state index is -0.563. The normalized spacial score (nSPS) is 18.4. The van der Waals surface area contributed by atoms with Crippen LogP contribution in [0, 0.1) is 10.1 Å². The van der Waals surface area contributed by atoms with Crippen LogP contribution in [0.25, 0.3) is 0 Å². The molecule has 114 valence electrons. The highest BCUT2D eigenvalue weighted by atomic mass is 16.6. The van der Waals surface area contributed by atoms with Crippen LogP contribution in [0.2, 0.25) is 0 Å². The van der Waals surface area contributed by atoms with E-state index in [4.69, 9.17) is 4.74 Å². The van der Waals surface area contributed by atoms with Gasteiger partial charge in [-0.2, -0.15) is 0 Å². The van der Waals surface area contributed by atoms with Gasteiger partial charge in [0.25, 0.3) is 5.91 Å².